The lowest BCUT2D eigenvalue weighted by Crippen LogP contribution is -2.70. The van der Waals surface area contributed by atoms with Gasteiger partial charge < -0.3 is 25.4 Å². The van der Waals surface area contributed by atoms with Crippen molar-refractivity contribution in [1.82, 2.24) is 25.0 Å². The predicted molar refractivity (Wildman–Crippen MR) is 162 cm³/mol. The lowest BCUT2D eigenvalue weighted by Gasteiger charge is -2.46. The summed E-state index contributed by atoms with van der Waals surface area (Å²) in [5.41, 5.74) is 1.41. The third-order valence-electron chi connectivity index (χ3n) is 7.07. The maximum absolute atomic E-state index is 13.8. The number of rotatable bonds is 10. The number of likely N-dealkylation sites (N-methyl/N-ethyl adjacent to an activating group) is 1. The lowest BCUT2D eigenvalue weighted by molar-refractivity contribution is -0.156. The molecule has 1 aromatic carbocycles. The molecule has 1 aliphatic rings. The maximum Gasteiger partial charge on any atom is 0.325 e. The average molecular weight is 612 g/mol. The predicted octanol–water partition coefficient (Wildman–Crippen LogP) is 3.86. The van der Waals surface area contributed by atoms with Crippen molar-refractivity contribution in [3.63, 3.8) is 0 Å². The van der Waals surface area contributed by atoms with Gasteiger partial charge in [-0.3, -0.25) is 19.2 Å². The zero-order chi connectivity index (χ0) is 31.5. The Labute approximate surface area is 256 Å². The Morgan fingerprint density at radius 3 is 2.60 bits per heavy atom. The number of hydrogen-bond acceptors (Lipinski definition) is 8. The van der Waals surface area contributed by atoms with Crippen LogP contribution in [-0.2, 0) is 27.8 Å². The average Bonchev–Trinajstić information content (AvgIpc) is 3.37. The standard InChI is InChI=1S/C30H38ClN7O5/c1-7-23(19-9-8-10-20(31)15-19)34-28(41)38-25(27(40)37(6)21-16-33-36(5)17-21)22(26(38)39)13-18-11-12-32-24(14-18)35-29(42)43-30(2,3)4/h8-12,14-17,22-23,25,29,42H,7,13H2,1-6H3,(H,32,35)(H,34,41)/t22-,23-,25+,29?/m1/s1. The van der Waals surface area contributed by atoms with E-state index in [-0.39, 0.29) is 6.42 Å². The van der Waals surface area contributed by atoms with Crippen LogP contribution in [0.1, 0.15) is 51.3 Å². The van der Waals surface area contributed by atoms with Gasteiger partial charge >= 0.3 is 6.03 Å². The highest BCUT2D eigenvalue weighted by Crippen LogP contribution is 2.34. The molecule has 3 heterocycles. The summed E-state index contributed by atoms with van der Waals surface area (Å²) in [6.07, 6.45) is 4.15. The topological polar surface area (TPSA) is 142 Å². The lowest BCUT2D eigenvalue weighted by atomic mass is 9.81. The third kappa shape index (κ3) is 7.70. The highest BCUT2D eigenvalue weighted by Gasteiger charge is 2.55. The SMILES string of the molecule is CC[C@@H](NC(=O)N1C(=O)[C@H](Cc2ccnc(NC(O)OC(C)(C)C)c2)[C@H]1C(=O)N(C)c1cnn(C)c1)c1cccc(Cl)c1. The van der Waals surface area contributed by atoms with Gasteiger partial charge in [-0.2, -0.15) is 5.10 Å². The number of ether oxygens (including phenoxy) is 1. The van der Waals surface area contributed by atoms with Crippen LogP contribution in [0.5, 0.6) is 0 Å². The molecule has 1 saturated heterocycles. The number of pyridine rings is 1. The van der Waals surface area contributed by atoms with Crippen LogP contribution in [0.25, 0.3) is 0 Å². The number of halogens is 1. The molecule has 3 N–H and O–H groups in total. The van der Waals surface area contributed by atoms with Gasteiger partial charge in [-0.25, -0.2) is 9.78 Å². The summed E-state index contributed by atoms with van der Waals surface area (Å²) in [4.78, 5) is 47.5. The van der Waals surface area contributed by atoms with E-state index >= 15 is 0 Å². The van der Waals surface area contributed by atoms with Crippen molar-refractivity contribution in [2.45, 2.75) is 64.6 Å². The maximum atomic E-state index is 13.8. The summed E-state index contributed by atoms with van der Waals surface area (Å²) in [5, 5.41) is 20.6. The minimum Gasteiger partial charge on any atom is -0.351 e. The van der Waals surface area contributed by atoms with E-state index in [0.29, 0.717) is 28.5 Å². The molecule has 0 spiro atoms. The molecule has 0 bridgehead atoms. The summed E-state index contributed by atoms with van der Waals surface area (Å²) in [6.45, 7) is 7.33. The van der Waals surface area contributed by atoms with Crippen LogP contribution in [0.3, 0.4) is 0 Å². The van der Waals surface area contributed by atoms with E-state index in [1.54, 1.807) is 55.3 Å². The first-order chi connectivity index (χ1) is 20.3. The van der Waals surface area contributed by atoms with Crippen molar-refractivity contribution in [2.75, 3.05) is 17.3 Å². The highest BCUT2D eigenvalue weighted by atomic mass is 35.5. The van der Waals surface area contributed by atoms with Crippen molar-refractivity contribution in [2.24, 2.45) is 13.0 Å². The minimum absolute atomic E-state index is 0.165. The van der Waals surface area contributed by atoms with Gasteiger partial charge in [0.2, 0.25) is 12.3 Å². The second-order valence-electron chi connectivity index (χ2n) is 11.5. The Balaban J connectivity index is 1.57. The van der Waals surface area contributed by atoms with Crippen LogP contribution in [0.2, 0.25) is 5.02 Å². The van der Waals surface area contributed by atoms with Crippen LogP contribution >= 0.6 is 11.6 Å². The van der Waals surface area contributed by atoms with Crippen LogP contribution in [0.15, 0.2) is 55.0 Å². The number of amides is 4. The number of benzene rings is 1. The molecule has 4 rings (SSSR count). The number of nitrogens with zero attached hydrogens (tertiary/aromatic N) is 5. The Kier molecular flexibility index (Phi) is 9.73. The van der Waals surface area contributed by atoms with Gasteiger partial charge in [0.25, 0.3) is 5.91 Å². The zero-order valence-electron chi connectivity index (χ0n) is 25.1. The van der Waals surface area contributed by atoms with E-state index < -0.39 is 47.9 Å². The molecule has 3 aromatic rings. The molecule has 12 nitrogen and oxygen atoms in total. The number of β-lactam (4-membered cyclic amide) rings is 1. The minimum atomic E-state index is -1.30. The quantitative estimate of drug-likeness (QED) is 0.232. The van der Waals surface area contributed by atoms with Crippen molar-refractivity contribution in [3.8, 4) is 0 Å². The number of anilines is 2. The normalized spacial score (nSPS) is 18.0. The Morgan fingerprint density at radius 1 is 1.23 bits per heavy atom. The Morgan fingerprint density at radius 2 is 1.98 bits per heavy atom. The van der Waals surface area contributed by atoms with Crippen LogP contribution < -0.4 is 15.5 Å². The molecule has 230 valence electrons. The van der Waals surface area contributed by atoms with Gasteiger partial charge in [-0.05, 0) is 69.0 Å². The van der Waals surface area contributed by atoms with Crippen LogP contribution in [-0.4, -0.2) is 67.7 Å². The van der Waals surface area contributed by atoms with E-state index in [4.69, 9.17) is 16.3 Å². The van der Waals surface area contributed by atoms with Crippen molar-refractivity contribution >= 4 is 41.0 Å². The molecule has 2 aromatic heterocycles. The molecule has 0 saturated carbocycles. The second kappa shape index (κ2) is 13.1. The Bertz CT molecular complexity index is 1470. The van der Waals surface area contributed by atoms with Gasteiger partial charge in [-0.15, -0.1) is 0 Å². The molecule has 43 heavy (non-hydrogen) atoms. The fraction of sp³-hybridized carbons (Fsp3) is 0.433. The molecular weight excluding hydrogens is 574 g/mol. The van der Waals surface area contributed by atoms with E-state index in [9.17, 15) is 19.5 Å². The van der Waals surface area contributed by atoms with Gasteiger partial charge in [0.05, 0.1) is 29.4 Å². The number of nitrogens with one attached hydrogen (secondary N) is 2. The molecule has 0 aliphatic carbocycles. The molecule has 4 atom stereocenters. The van der Waals surface area contributed by atoms with Crippen molar-refractivity contribution < 1.29 is 24.2 Å². The van der Waals surface area contributed by atoms with Gasteiger partial charge in [0, 0.05) is 31.5 Å². The summed E-state index contributed by atoms with van der Waals surface area (Å²) in [6, 6.07) is 8.39. The summed E-state index contributed by atoms with van der Waals surface area (Å²) in [7, 11) is 3.32. The number of aliphatic hydroxyl groups excluding tert-OH is 1. The fourth-order valence-electron chi connectivity index (χ4n) is 4.95. The first kappa shape index (κ1) is 31.9. The highest BCUT2D eigenvalue weighted by molar-refractivity contribution is 6.30. The van der Waals surface area contributed by atoms with E-state index in [2.05, 4.69) is 20.7 Å². The molecule has 1 aliphatic heterocycles. The number of likely N-dealkylation sites (tertiary alicyclic amines) is 1. The number of aromatic nitrogens is 3. The molecule has 1 unspecified atom stereocenters. The van der Waals surface area contributed by atoms with Gasteiger partial charge in [0.15, 0.2) is 0 Å². The van der Waals surface area contributed by atoms with Gasteiger partial charge in [-0.1, -0.05) is 30.7 Å². The van der Waals surface area contributed by atoms with Gasteiger partial charge in [0.1, 0.15) is 11.9 Å². The first-order valence-electron chi connectivity index (χ1n) is 14.0. The second-order valence-corrected chi connectivity index (χ2v) is 11.9. The zero-order valence-corrected chi connectivity index (χ0v) is 25.9. The summed E-state index contributed by atoms with van der Waals surface area (Å²) in [5.74, 6) is -1.38. The first-order valence-corrected chi connectivity index (χ1v) is 14.4. The third-order valence-corrected chi connectivity index (χ3v) is 7.30. The van der Waals surface area contributed by atoms with Crippen LogP contribution in [0.4, 0.5) is 16.3 Å². The van der Waals surface area contributed by atoms with Crippen LogP contribution in [0, 0.1) is 5.92 Å². The van der Waals surface area contributed by atoms with Crippen molar-refractivity contribution in [3.05, 3.63) is 71.1 Å². The number of urea groups is 1. The molecule has 13 heteroatoms. The number of imide groups is 1. The molecular formula is C30H38ClN7O5. The number of aliphatic hydroxyl groups is 1. The summed E-state index contributed by atoms with van der Waals surface area (Å²) >= 11 is 6.17. The van der Waals surface area contributed by atoms with E-state index in [1.165, 1.54) is 17.3 Å². The summed E-state index contributed by atoms with van der Waals surface area (Å²) < 4.78 is 7.05. The monoisotopic (exact) mass is 611 g/mol. The Hall–Kier alpha value is -4.00. The van der Waals surface area contributed by atoms with Crippen molar-refractivity contribution in [1.29, 1.82) is 0 Å². The largest absolute Gasteiger partial charge is 0.351 e. The van der Waals surface area contributed by atoms with E-state index in [0.717, 1.165) is 10.5 Å². The molecule has 0 radical (unpaired) electrons. The van der Waals surface area contributed by atoms with E-state index in [1.807, 2.05) is 33.8 Å². The number of carbonyl (C=O) groups excluding carboxylic acids is 3. The smallest absolute Gasteiger partial charge is 0.325 e. The number of carbonyl (C=O) groups is 3. The molecule has 1 fully saturated rings. The fourth-order valence-corrected chi connectivity index (χ4v) is 5.15. The molecule has 4 amide bonds. The number of aryl methyl sites for hydroxylation is 1. The number of hydrogen-bond donors (Lipinski definition) is 3.